The molecule has 0 unspecified atom stereocenters. The summed E-state index contributed by atoms with van der Waals surface area (Å²) in [6.45, 7) is 2.88. The lowest BCUT2D eigenvalue weighted by Gasteiger charge is -2.10. The first-order valence-corrected chi connectivity index (χ1v) is 5.08. The van der Waals surface area contributed by atoms with Crippen molar-refractivity contribution in [3.8, 4) is 0 Å². The van der Waals surface area contributed by atoms with E-state index >= 15 is 0 Å². The number of benzene rings is 1. The van der Waals surface area contributed by atoms with E-state index in [0.717, 1.165) is 10.0 Å². The summed E-state index contributed by atoms with van der Waals surface area (Å²) in [5.41, 5.74) is 0.758. The zero-order valence-corrected chi connectivity index (χ0v) is 9.67. The molecule has 0 aliphatic carbocycles. The fourth-order valence-electron chi connectivity index (χ4n) is 1.41. The molecule has 0 aliphatic heterocycles. The molecule has 1 aromatic rings. The predicted molar refractivity (Wildman–Crippen MR) is 58.2 cm³/mol. The average Bonchev–Trinajstić information content (AvgIpc) is 2.07. The maximum atomic E-state index is 11.2. The van der Waals surface area contributed by atoms with Crippen molar-refractivity contribution in [3.05, 3.63) is 34.3 Å². The molecule has 14 heavy (non-hydrogen) atoms. The molecule has 0 heterocycles. The van der Waals surface area contributed by atoms with Gasteiger partial charge in [0.05, 0.1) is 0 Å². The molecule has 0 saturated carbocycles. The highest BCUT2D eigenvalue weighted by Gasteiger charge is 2.21. The molecule has 0 N–H and O–H groups in total. The van der Waals surface area contributed by atoms with Crippen LogP contribution in [-0.2, 0) is 9.59 Å². The Hall–Kier alpha value is -0.960. The van der Waals surface area contributed by atoms with Gasteiger partial charge in [0.25, 0.3) is 0 Å². The minimum absolute atomic E-state index is 0.111. The van der Waals surface area contributed by atoms with Crippen molar-refractivity contribution < 1.29 is 9.59 Å². The second kappa shape index (κ2) is 4.51. The van der Waals surface area contributed by atoms with Crippen molar-refractivity contribution >= 4 is 27.5 Å². The van der Waals surface area contributed by atoms with E-state index in [1.54, 1.807) is 12.1 Å². The van der Waals surface area contributed by atoms with Crippen LogP contribution < -0.4 is 0 Å². The Kier molecular flexibility index (Phi) is 3.58. The van der Waals surface area contributed by atoms with Crippen LogP contribution in [0.5, 0.6) is 0 Å². The SMILES string of the molecule is CC(=O)C(C(C)=O)c1ccc(Br)cc1. The van der Waals surface area contributed by atoms with Crippen LogP contribution in [0.25, 0.3) is 0 Å². The molecule has 1 aromatic carbocycles. The van der Waals surface area contributed by atoms with E-state index in [0.29, 0.717) is 0 Å². The van der Waals surface area contributed by atoms with E-state index in [1.807, 2.05) is 12.1 Å². The smallest absolute Gasteiger partial charge is 0.144 e. The largest absolute Gasteiger partial charge is 0.299 e. The minimum Gasteiger partial charge on any atom is -0.299 e. The molecule has 0 spiro atoms. The standard InChI is InChI=1S/C11H11BrO2/c1-7(13)11(8(2)14)9-3-5-10(12)6-4-9/h3-6,11H,1-2H3. The topological polar surface area (TPSA) is 34.1 Å². The monoisotopic (exact) mass is 254 g/mol. The summed E-state index contributed by atoms with van der Waals surface area (Å²) >= 11 is 3.30. The van der Waals surface area contributed by atoms with Crippen molar-refractivity contribution in [1.82, 2.24) is 0 Å². The molecule has 0 aliphatic rings. The number of hydrogen-bond acceptors (Lipinski definition) is 2. The van der Waals surface area contributed by atoms with Gasteiger partial charge in [-0.3, -0.25) is 9.59 Å². The fourth-order valence-corrected chi connectivity index (χ4v) is 1.68. The minimum atomic E-state index is -0.608. The third kappa shape index (κ3) is 2.51. The zero-order chi connectivity index (χ0) is 10.7. The van der Waals surface area contributed by atoms with Gasteiger partial charge in [-0.2, -0.15) is 0 Å². The highest BCUT2D eigenvalue weighted by molar-refractivity contribution is 9.10. The van der Waals surface area contributed by atoms with Crippen LogP contribution in [0.15, 0.2) is 28.7 Å². The van der Waals surface area contributed by atoms with Crippen LogP contribution in [0.2, 0.25) is 0 Å². The normalized spacial score (nSPS) is 10.3. The lowest BCUT2D eigenvalue weighted by molar-refractivity contribution is -0.126. The molecule has 0 aromatic heterocycles. The number of halogens is 1. The van der Waals surface area contributed by atoms with E-state index in [4.69, 9.17) is 0 Å². The summed E-state index contributed by atoms with van der Waals surface area (Å²) < 4.78 is 0.937. The Balaban J connectivity index is 3.06. The lowest BCUT2D eigenvalue weighted by Crippen LogP contribution is -2.16. The van der Waals surface area contributed by atoms with Gasteiger partial charge < -0.3 is 0 Å². The van der Waals surface area contributed by atoms with Crippen LogP contribution >= 0.6 is 15.9 Å². The summed E-state index contributed by atoms with van der Waals surface area (Å²) in [5.74, 6) is -0.831. The van der Waals surface area contributed by atoms with Gasteiger partial charge in [-0.15, -0.1) is 0 Å². The van der Waals surface area contributed by atoms with Gasteiger partial charge in [0, 0.05) is 4.47 Å². The quantitative estimate of drug-likeness (QED) is 0.778. The van der Waals surface area contributed by atoms with Gasteiger partial charge >= 0.3 is 0 Å². The zero-order valence-electron chi connectivity index (χ0n) is 8.08. The van der Waals surface area contributed by atoms with Crippen LogP contribution in [0.1, 0.15) is 25.3 Å². The Morgan fingerprint density at radius 1 is 1.07 bits per heavy atom. The summed E-state index contributed by atoms with van der Waals surface area (Å²) in [6.07, 6.45) is 0. The van der Waals surface area contributed by atoms with E-state index in [1.165, 1.54) is 13.8 Å². The molecule has 2 nitrogen and oxygen atoms in total. The summed E-state index contributed by atoms with van der Waals surface area (Å²) in [4.78, 5) is 22.5. The van der Waals surface area contributed by atoms with Gasteiger partial charge in [0.15, 0.2) is 0 Å². The number of carbonyl (C=O) groups is 2. The number of rotatable bonds is 3. The van der Waals surface area contributed by atoms with Gasteiger partial charge in [-0.25, -0.2) is 0 Å². The number of hydrogen-bond donors (Lipinski definition) is 0. The average molecular weight is 255 g/mol. The van der Waals surface area contributed by atoms with Gasteiger partial charge in [0.1, 0.15) is 17.5 Å². The van der Waals surface area contributed by atoms with Gasteiger partial charge in [0.2, 0.25) is 0 Å². The maximum absolute atomic E-state index is 11.2. The van der Waals surface area contributed by atoms with Crippen LogP contribution in [0.3, 0.4) is 0 Å². The third-order valence-electron chi connectivity index (χ3n) is 2.02. The molecule has 0 bridgehead atoms. The molecule has 0 radical (unpaired) electrons. The Morgan fingerprint density at radius 3 is 1.86 bits per heavy atom. The molecule has 74 valence electrons. The molecule has 0 fully saturated rings. The Morgan fingerprint density at radius 2 is 1.50 bits per heavy atom. The number of carbonyl (C=O) groups excluding carboxylic acids is 2. The first-order chi connectivity index (χ1) is 6.52. The van der Waals surface area contributed by atoms with Crippen LogP contribution in [0, 0.1) is 0 Å². The maximum Gasteiger partial charge on any atom is 0.144 e. The second-order valence-corrected chi connectivity index (χ2v) is 4.12. The van der Waals surface area contributed by atoms with E-state index < -0.39 is 5.92 Å². The summed E-state index contributed by atoms with van der Waals surface area (Å²) in [6, 6.07) is 7.23. The van der Waals surface area contributed by atoms with Crippen molar-refractivity contribution in [2.45, 2.75) is 19.8 Å². The first-order valence-electron chi connectivity index (χ1n) is 4.28. The molecule has 0 saturated heterocycles. The first kappa shape index (κ1) is 11.1. The summed E-state index contributed by atoms with van der Waals surface area (Å²) in [7, 11) is 0. The van der Waals surface area contributed by atoms with E-state index in [9.17, 15) is 9.59 Å². The van der Waals surface area contributed by atoms with E-state index in [2.05, 4.69) is 15.9 Å². The van der Waals surface area contributed by atoms with E-state index in [-0.39, 0.29) is 11.6 Å². The number of Topliss-reactive ketones (excluding diaryl/α,β-unsaturated/α-hetero) is 2. The second-order valence-electron chi connectivity index (χ2n) is 3.21. The predicted octanol–water partition coefficient (Wildman–Crippen LogP) is 2.71. The van der Waals surface area contributed by atoms with Gasteiger partial charge in [-0.05, 0) is 31.5 Å². The van der Waals surface area contributed by atoms with Gasteiger partial charge in [-0.1, -0.05) is 28.1 Å². The molecule has 0 amide bonds. The summed E-state index contributed by atoms with van der Waals surface area (Å²) in [5, 5.41) is 0. The molecular formula is C11H11BrO2. The fraction of sp³-hybridized carbons (Fsp3) is 0.273. The van der Waals surface area contributed by atoms with Crippen molar-refractivity contribution in [3.63, 3.8) is 0 Å². The third-order valence-corrected chi connectivity index (χ3v) is 2.55. The highest BCUT2D eigenvalue weighted by Crippen LogP contribution is 2.20. The van der Waals surface area contributed by atoms with Crippen molar-refractivity contribution in [2.75, 3.05) is 0 Å². The highest BCUT2D eigenvalue weighted by atomic mass is 79.9. The Bertz CT molecular complexity index is 340. The lowest BCUT2D eigenvalue weighted by atomic mass is 9.92. The van der Waals surface area contributed by atoms with Crippen molar-refractivity contribution in [1.29, 1.82) is 0 Å². The van der Waals surface area contributed by atoms with Crippen LogP contribution in [-0.4, -0.2) is 11.6 Å². The van der Waals surface area contributed by atoms with Crippen molar-refractivity contribution in [2.24, 2.45) is 0 Å². The molecule has 1 rings (SSSR count). The van der Waals surface area contributed by atoms with Crippen LogP contribution in [0.4, 0.5) is 0 Å². The Labute approximate surface area is 91.4 Å². The number of ketones is 2. The molecular weight excluding hydrogens is 244 g/mol. The molecule has 3 heteroatoms. The molecule has 0 atom stereocenters.